The topological polar surface area (TPSA) is 100 Å². The highest BCUT2D eigenvalue weighted by atomic mass is 127. The van der Waals surface area contributed by atoms with Crippen molar-refractivity contribution in [1.82, 2.24) is 0 Å². The van der Waals surface area contributed by atoms with Crippen LogP contribution in [-0.2, 0) is 14.3 Å². The lowest BCUT2D eigenvalue weighted by Gasteiger charge is -2.13. The maximum atomic E-state index is 11.6. The van der Waals surface area contributed by atoms with Gasteiger partial charge in [0, 0.05) is 0 Å². The van der Waals surface area contributed by atoms with E-state index in [4.69, 9.17) is 15.2 Å². The average Bonchev–Trinajstić information content (AvgIpc) is 2.82. The summed E-state index contributed by atoms with van der Waals surface area (Å²) in [6, 6.07) is 3.50. The number of rotatable bonds is 5. The molecule has 1 aliphatic rings. The first kappa shape index (κ1) is 17.6. The molecule has 2 N–H and O–H groups in total. The van der Waals surface area contributed by atoms with Gasteiger partial charge in [-0.15, -0.1) is 0 Å². The Hall–Kier alpha value is -1.75. The first-order chi connectivity index (χ1) is 10.9. The smallest absolute Gasteiger partial charge is 0.343 e. The van der Waals surface area contributed by atoms with Crippen molar-refractivity contribution in [2.75, 3.05) is 20.8 Å². The number of nitrogens with zero attached hydrogens (tertiary/aromatic N) is 1. The van der Waals surface area contributed by atoms with Crippen molar-refractivity contribution in [3.8, 4) is 11.5 Å². The fraction of sp³-hybridized carbons (Fsp3) is 0.214. The van der Waals surface area contributed by atoms with Gasteiger partial charge in [0.25, 0.3) is 5.91 Å². The molecule has 0 spiro atoms. The Labute approximate surface area is 150 Å². The number of thioether (sulfide) groups is 1. The van der Waals surface area contributed by atoms with E-state index in [-0.39, 0.29) is 17.7 Å². The molecule has 1 heterocycles. The summed E-state index contributed by atoms with van der Waals surface area (Å²) in [6.07, 6.45) is 1.67. The summed E-state index contributed by atoms with van der Waals surface area (Å²) in [6.45, 7) is -0.220. The molecular formula is C14H13IN2O5S. The van der Waals surface area contributed by atoms with Gasteiger partial charge in [0.1, 0.15) is 0 Å². The van der Waals surface area contributed by atoms with Gasteiger partial charge in [-0.1, -0.05) is 0 Å². The van der Waals surface area contributed by atoms with E-state index < -0.39 is 5.97 Å². The molecule has 7 nitrogen and oxygen atoms in total. The predicted octanol–water partition coefficient (Wildman–Crippen LogP) is 1.78. The van der Waals surface area contributed by atoms with Crippen LogP contribution in [0.15, 0.2) is 22.0 Å². The molecule has 23 heavy (non-hydrogen) atoms. The number of hydrogen-bond acceptors (Lipinski definition) is 7. The molecule has 0 aromatic heterocycles. The normalized spacial score (nSPS) is 15.5. The number of carbonyl (C=O) groups excluding carboxylic acids is 2. The highest BCUT2D eigenvalue weighted by Gasteiger charge is 2.20. The van der Waals surface area contributed by atoms with E-state index >= 15 is 0 Å². The molecule has 0 bridgehead atoms. The molecule has 0 atom stereocenters. The molecule has 2 rings (SSSR count). The van der Waals surface area contributed by atoms with Gasteiger partial charge in [-0.3, -0.25) is 4.79 Å². The van der Waals surface area contributed by atoms with E-state index in [0.717, 1.165) is 20.9 Å². The molecule has 1 amide bonds. The van der Waals surface area contributed by atoms with Crippen molar-refractivity contribution in [3.05, 3.63) is 26.2 Å². The molecule has 1 aliphatic heterocycles. The van der Waals surface area contributed by atoms with Crippen LogP contribution in [0.2, 0.25) is 0 Å². The minimum atomic E-state index is -0.491. The number of aliphatic imine (C=N–C) groups is 1. The molecule has 0 aliphatic carbocycles. The largest absolute Gasteiger partial charge is 0.493 e. The Bertz CT molecular complexity index is 717. The first-order valence-electron chi connectivity index (χ1n) is 6.29. The van der Waals surface area contributed by atoms with Crippen molar-refractivity contribution in [2.45, 2.75) is 0 Å². The van der Waals surface area contributed by atoms with Crippen molar-refractivity contribution in [2.24, 2.45) is 10.7 Å². The van der Waals surface area contributed by atoms with Crippen LogP contribution in [0.25, 0.3) is 6.08 Å². The van der Waals surface area contributed by atoms with Crippen LogP contribution in [0, 0.1) is 3.57 Å². The Morgan fingerprint density at radius 3 is 2.74 bits per heavy atom. The van der Waals surface area contributed by atoms with Crippen LogP contribution in [0.1, 0.15) is 5.56 Å². The molecular weight excluding hydrogens is 435 g/mol. The van der Waals surface area contributed by atoms with E-state index in [1.807, 2.05) is 0 Å². The summed E-state index contributed by atoms with van der Waals surface area (Å²) in [5.74, 6) is 0.0147. The fourth-order valence-corrected chi connectivity index (χ4v) is 3.19. The standard InChI is InChI=1S/C14H13IN2O5S/c1-20-9-4-7(5-10-13(19)17-14(16)23-10)3-8(15)12(9)22-6-11(18)21-2/h3-5H,6H2,1-2H3,(H2,16,17,19). The van der Waals surface area contributed by atoms with Gasteiger partial charge in [-0.25, -0.2) is 4.79 Å². The second kappa shape index (κ2) is 7.68. The van der Waals surface area contributed by atoms with Crippen LogP contribution < -0.4 is 15.2 Å². The summed E-state index contributed by atoms with van der Waals surface area (Å²) in [7, 11) is 2.77. The van der Waals surface area contributed by atoms with Gasteiger partial charge in [0.05, 0.1) is 22.7 Å². The number of carbonyl (C=O) groups is 2. The third-order valence-electron chi connectivity index (χ3n) is 2.75. The number of benzene rings is 1. The van der Waals surface area contributed by atoms with Crippen LogP contribution in [0.3, 0.4) is 0 Å². The Morgan fingerprint density at radius 1 is 1.43 bits per heavy atom. The van der Waals surface area contributed by atoms with E-state index in [0.29, 0.717) is 16.4 Å². The van der Waals surface area contributed by atoms with E-state index in [2.05, 4.69) is 32.3 Å². The van der Waals surface area contributed by atoms with Crippen LogP contribution >= 0.6 is 34.4 Å². The van der Waals surface area contributed by atoms with Gasteiger partial charge in [0.2, 0.25) is 0 Å². The number of ether oxygens (including phenoxy) is 3. The highest BCUT2D eigenvalue weighted by Crippen LogP contribution is 2.36. The molecule has 1 aromatic carbocycles. The van der Waals surface area contributed by atoms with Crippen molar-refractivity contribution >= 4 is 57.5 Å². The summed E-state index contributed by atoms with van der Waals surface area (Å²) in [5.41, 5.74) is 6.26. The second-order valence-corrected chi connectivity index (χ2v) is 6.49. The maximum Gasteiger partial charge on any atom is 0.343 e. The number of nitrogens with two attached hydrogens (primary N) is 1. The number of amidine groups is 1. The lowest BCUT2D eigenvalue weighted by atomic mass is 10.2. The van der Waals surface area contributed by atoms with Crippen LogP contribution in [0.4, 0.5) is 0 Å². The van der Waals surface area contributed by atoms with Gasteiger partial charge in [0.15, 0.2) is 23.3 Å². The first-order valence-corrected chi connectivity index (χ1v) is 8.19. The molecule has 0 radical (unpaired) electrons. The molecule has 122 valence electrons. The zero-order valence-electron chi connectivity index (χ0n) is 12.3. The van der Waals surface area contributed by atoms with E-state index in [1.165, 1.54) is 14.2 Å². The van der Waals surface area contributed by atoms with Crippen LogP contribution in [0.5, 0.6) is 11.5 Å². The minimum absolute atomic E-state index is 0.220. The summed E-state index contributed by atoms with van der Waals surface area (Å²) < 4.78 is 16.0. The quantitative estimate of drug-likeness (QED) is 0.417. The van der Waals surface area contributed by atoms with Crippen molar-refractivity contribution in [1.29, 1.82) is 0 Å². The monoisotopic (exact) mass is 448 g/mol. The Balaban J connectivity index is 2.28. The number of halogens is 1. The summed E-state index contributed by atoms with van der Waals surface area (Å²) >= 11 is 3.17. The fourth-order valence-electron chi connectivity index (χ4n) is 1.73. The average molecular weight is 448 g/mol. The number of esters is 1. The maximum absolute atomic E-state index is 11.6. The molecule has 0 fully saturated rings. The van der Waals surface area contributed by atoms with Crippen molar-refractivity contribution < 1.29 is 23.8 Å². The van der Waals surface area contributed by atoms with Crippen LogP contribution in [-0.4, -0.2) is 37.9 Å². The highest BCUT2D eigenvalue weighted by molar-refractivity contribution is 14.1. The third kappa shape index (κ3) is 4.38. The van der Waals surface area contributed by atoms with E-state index in [1.54, 1.807) is 18.2 Å². The minimum Gasteiger partial charge on any atom is -0.493 e. The third-order valence-corrected chi connectivity index (χ3v) is 4.36. The predicted molar refractivity (Wildman–Crippen MR) is 95.4 cm³/mol. The van der Waals surface area contributed by atoms with Gasteiger partial charge in [-0.2, -0.15) is 4.99 Å². The number of methoxy groups -OCH3 is 2. The lowest BCUT2D eigenvalue weighted by molar-refractivity contribution is -0.142. The molecule has 0 saturated heterocycles. The molecule has 0 unspecified atom stereocenters. The van der Waals surface area contributed by atoms with Gasteiger partial charge < -0.3 is 19.9 Å². The SMILES string of the molecule is COC(=O)COc1c(I)cc(C=C2SC(N)=NC2=O)cc1OC. The second-order valence-electron chi connectivity index (χ2n) is 4.26. The summed E-state index contributed by atoms with van der Waals surface area (Å²) in [5, 5.41) is 0.223. The summed E-state index contributed by atoms with van der Waals surface area (Å²) in [4.78, 5) is 26.9. The van der Waals surface area contributed by atoms with Crippen molar-refractivity contribution in [3.63, 3.8) is 0 Å². The number of amides is 1. The molecule has 1 aromatic rings. The Morgan fingerprint density at radius 2 is 2.17 bits per heavy atom. The van der Waals surface area contributed by atoms with Gasteiger partial charge in [-0.05, 0) is 58.1 Å². The number of hydrogen-bond donors (Lipinski definition) is 1. The zero-order chi connectivity index (χ0) is 17.0. The Kier molecular flexibility index (Phi) is 5.88. The zero-order valence-corrected chi connectivity index (χ0v) is 15.3. The van der Waals surface area contributed by atoms with E-state index in [9.17, 15) is 9.59 Å². The van der Waals surface area contributed by atoms with Gasteiger partial charge >= 0.3 is 5.97 Å². The molecule has 0 saturated carbocycles. The lowest BCUT2D eigenvalue weighted by Crippen LogP contribution is -2.13. The molecule has 9 heteroatoms.